The highest BCUT2D eigenvalue weighted by Gasteiger charge is 2.17. The molecule has 1 aliphatic heterocycles. The fourth-order valence-corrected chi connectivity index (χ4v) is 2.03. The standard InChI is InChI=1S/C11H18N4/c1-8-14-10(6-11(12-2)15-8)9-4-3-5-13-7-9/h6,9,13H,3-5,7H2,1-2H3,(H,12,14,15)/t9-/m0/s1. The van der Waals surface area contributed by atoms with Crippen molar-refractivity contribution in [1.29, 1.82) is 0 Å². The average molecular weight is 206 g/mol. The minimum Gasteiger partial charge on any atom is -0.373 e. The number of nitrogens with zero attached hydrogens (tertiary/aromatic N) is 2. The van der Waals surface area contributed by atoms with E-state index in [1.165, 1.54) is 18.5 Å². The second-order valence-corrected chi connectivity index (χ2v) is 4.02. The fraction of sp³-hybridized carbons (Fsp3) is 0.636. The lowest BCUT2D eigenvalue weighted by Gasteiger charge is -2.22. The van der Waals surface area contributed by atoms with E-state index in [1.54, 1.807) is 0 Å². The van der Waals surface area contributed by atoms with Crippen molar-refractivity contribution in [3.05, 3.63) is 17.6 Å². The molecule has 0 spiro atoms. The number of aromatic nitrogens is 2. The number of rotatable bonds is 2. The quantitative estimate of drug-likeness (QED) is 0.765. The van der Waals surface area contributed by atoms with Gasteiger partial charge in [-0.05, 0) is 26.3 Å². The highest BCUT2D eigenvalue weighted by atomic mass is 15.0. The van der Waals surface area contributed by atoms with Crippen molar-refractivity contribution >= 4 is 5.82 Å². The largest absolute Gasteiger partial charge is 0.373 e. The van der Waals surface area contributed by atoms with Gasteiger partial charge in [0.2, 0.25) is 0 Å². The van der Waals surface area contributed by atoms with Crippen LogP contribution in [-0.2, 0) is 0 Å². The molecule has 4 nitrogen and oxygen atoms in total. The molecule has 4 heteroatoms. The van der Waals surface area contributed by atoms with E-state index in [0.29, 0.717) is 5.92 Å². The molecule has 1 aromatic heterocycles. The van der Waals surface area contributed by atoms with Crippen LogP contribution in [0, 0.1) is 6.92 Å². The van der Waals surface area contributed by atoms with E-state index in [0.717, 1.165) is 24.7 Å². The van der Waals surface area contributed by atoms with Crippen LogP contribution in [0.5, 0.6) is 0 Å². The first-order valence-corrected chi connectivity index (χ1v) is 5.53. The third-order valence-corrected chi connectivity index (χ3v) is 2.83. The average Bonchev–Trinajstić information content (AvgIpc) is 2.29. The second-order valence-electron chi connectivity index (χ2n) is 4.02. The van der Waals surface area contributed by atoms with Crippen molar-refractivity contribution in [2.24, 2.45) is 0 Å². The summed E-state index contributed by atoms with van der Waals surface area (Å²) in [5.74, 6) is 2.32. The zero-order valence-corrected chi connectivity index (χ0v) is 9.38. The first kappa shape index (κ1) is 10.4. The SMILES string of the molecule is CNc1cc([C@H]2CCCNC2)nc(C)n1. The van der Waals surface area contributed by atoms with Gasteiger partial charge in [0.05, 0.1) is 5.69 Å². The summed E-state index contributed by atoms with van der Waals surface area (Å²) in [6.07, 6.45) is 2.47. The van der Waals surface area contributed by atoms with Gasteiger partial charge in [-0.25, -0.2) is 9.97 Å². The monoisotopic (exact) mass is 206 g/mol. The molecule has 0 unspecified atom stereocenters. The summed E-state index contributed by atoms with van der Waals surface area (Å²) >= 11 is 0. The van der Waals surface area contributed by atoms with E-state index < -0.39 is 0 Å². The van der Waals surface area contributed by atoms with Crippen molar-refractivity contribution < 1.29 is 0 Å². The molecule has 0 amide bonds. The molecule has 1 atom stereocenters. The summed E-state index contributed by atoms with van der Waals surface area (Å²) in [5.41, 5.74) is 1.17. The van der Waals surface area contributed by atoms with Crippen LogP contribution >= 0.6 is 0 Å². The van der Waals surface area contributed by atoms with Crippen LogP contribution in [0.1, 0.15) is 30.3 Å². The molecular weight excluding hydrogens is 188 g/mol. The van der Waals surface area contributed by atoms with Crippen molar-refractivity contribution in [3.63, 3.8) is 0 Å². The third kappa shape index (κ3) is 2.45. The number of hydrogen-bond acceptors (Lipinski definition) is 4. The lowest BCUT2D eigenvalue weighted by atomic mass is 9.96. The van der Waals surface area contributed by atoms with Crippen LogP contribution in [-0.4, -0.2) is 30.1 Å². The smallest absolute Gasteiger partial charge is 0.129 e. The minimum atomic E-state index is 0.549. The van der Waals surface area contributed by atoms with Gasteiger partial charge < -0.3 is 10.6 Å². The fourth-order valence-electron chi connectivity index (χ4n) is 2.03. The Balaban J connectivity index is 2.22. The molecule has 2 heterocycles. The van der Waals surface area contributed by atoms with Gasteiger partial charge in [0.25, 0.3) is 0 Å². The van der Waals surface area contributed by atoms with Crippen LogP contribution in [0.4, 0.5) is 5.82 Å². The lowest BCUT2D eigenvalue weighted by Crippen LogP contribution is -2.29. The van der Waals surface area contributed by atoms with E-state index in [1.807, 2.05) is 14.0 Å². The van der Waals surface area contributed by atoms with Crippen LogP contribution in [0.15, 0.2) is 6.07 Å². The van der Waals surface area contributed by atoms with Crippen molar-refractivity contribution in [2.75, 3.05) is 25.5 Å². The lowest BCUT2D eigenvalue weighted by molar-refractivity contribution is 0.453. The molecule has 0 aromatic carbocycles. The number of hydrogen-bond donors (Lipinski definition) is 2. The van der Waals surface area contributed by atoms with Gasteiger partial charge in [-0.15, -0.1) is 0 Å². The molecule has 0 saturated carbocycles. The number of piperidine rings is 1. The van der Waals surface area contributed by atoms with Gasteiger partial charge in [0.1, 0.15) is 11.6 Å². The van der Waals surface area contributed by atoms with Crippen molar-refractivity contribution in [1.82, 2.24) is 15.3 Å². The van der Waals surface area contributed by atoms with Crippen LogP contribution in [0.25, 0.3) is 0 Å². The molecule has 1 saturated heterocycles. The van der Waals surface area contributed by atoms with Crippen LogP contribution in [0.2, 0.25) is 0 Å². The summed E-state index contributed by atoms with van der Waals surface area (Å²) in [6.45, 7) is 4.12. The summed E-state index contributed by atoms with van der Waals surface area (Å²) < 4.78 is 0. The maximum atomic E-state index is 4.51. The molecule has 0 bridgehead atoms. The second kappa shape index (κ2) is 4.57. The van der Waals surface area contributed by atoms with Crippen molar-refractivity contribution in [3.8, 4) is 0 Å². The van der Waals surface area contributed by atoms with Gasteiger partial charge in [0.15, 0.2) is 0 Å². The Bertz CT molecular complexity index is 331. The highest BCUT2D eigenvalue weighted by Crippen LogP contribution is 2.22. The Labute approximate surface area is 90.5 Å². The molecule has 1 aliphatic rings. The number of aryl methyl sites for hydroxylation is 1. The first-order valence-electron chi connectivity index (χ1n) is 5.53. The third-order valence-electron chi connectivity index (χ3n) is 2.83. The highest BCUT2D eigenvalue weighted by molar-refractivity contribution is 5.36. The van der Waals surface area contributed by atoms with E-state index in [4.69, 9.17) is 0 Å². The molecule has 2 rings (SSSR count). The summed E-state index contributed by atoms with van der Waals surface area (Å²) in [7, 11) is 1.89. The van der Waals surface area contributed by atoms with Gasteiger partial charge in [0, 0.05) is 25.6 Å². The van der Waals surface area contributed by atoms with E-state index >= 15 is 0 Å². The van der Waals surface area contributed by atoms with Crippen LogP contribution < -0.4 is 10.6 Å². The molecule has 0 aliphatic carbocycles. The van der Waals surface area contributed by atoms with E-state index in [9.17, 15) is 0 Å². The molecule has 0 radical (unpaired) electrons. The number of anilines is 1. The van der Waals surface area contributed by atoms with Gasteiger partial charge >= 0.3 is 0 Å². The Morgan fingerprint density at radius 2 is 2.33 bits per heavy atom. The van der Waals surface area contributed by atoms with E-state index in [-0.39, 0.29) is 0 Å². The molecule has 2 N–H and O–H groups in total. The van der Waals surface area contributed by atoms with E-state index in [2.05, 4.69) is 26.7 Å². The Morgan fingerprint density at radius 3 is 3.00 bits per heavy atom. The summed E-state index contributed by atoms with van der Waals surface area (Å²) in [6, 6.07) is 2.06. The topological polar surface area (TPSA) is 49.8 Å². The van der Waals surface area contributed by atoms with Crippen LogP contribution in [0.3, 0.4) is 0 Å². The van der Waals surface area contributed by atoms with Gasteiger partial charge in [-0.1, -0.05) is 0 Å². The Hall–Kier alpha value is -1.16. The Kier molecular flexibility index (Phi) is 3.16. The predicted molar refractivity (Wildman–Crippen MR) is 61.2 cm³/mol. The van der Waals surface area contributed by atoms with Gasteiger partial charge in [-0.2, -0.15) is 0 Å². The normalized spacial score (nSPS) is 21.3. The zero-order valence-electron chi connectivity index (χ0n) is 9.38. The molecule has 1 fully saturated rings. The minimum absolute atomic E-state index is 0.549. The molecule has 82 valence electrons. The molecule has 15 heavy (non-hydrogen) atoms. The van der Waals surface area contributed by atoms with Gasteiger partial charge in [-0.3, -0.25) is 0 Å². The maximum absolute atomic E-state index is 4.51. The molecule has 1 aromatic rings. The summed E-state index contributed by atoms with van der Waals surface area (Å²) in [5, 5.41) is 6.49. The predicted octanol–water partition coefficient (Wildman–Crippen LogP) is 1.29. The molecular formula is C11H18N4. The first-order chi connectivity index (χ1) is 7.29. The number of nitrogens with one attached hydrogen (secondary N) is 2. The zero-order chi connectivity index (χ0) is 10.7. The van der Waals surface area contributed by atoms with Crippen molar-refractivity contribution in [2.45, 2.75) is 25.7 Å². The Morgan fingerprint density at radius 1 is 1.47 bits per heavy atom. The summed E-state index contributed by atoms with van der Waals surface area (Å²) in [4.78, 5) is 8.82. The maximum Gasteiger partial charge on any atom is 0.129 e.